The van der Waals surface area contributed by atoms with E-state index >= 15 is 0 Å². The van der Waals surface area contributed by atoms with E-state index in [1.807, 2.05) is 0 Å². The van der Waals surface area contributed by atoms with Crippen LogP contribution in [0.2, 0.25) is 0 Å². The van der Waals surface area contributed by atoms with Gasteiger partial charge < -0.3 is 14.2 Å². The van der Waals surface area contributed by atoms with Crippen molar-refractivity contribution in [3.8, 4) is 0 Å². The average Bonchev–Trinajstić information content (AvgIpc) is 3.38. The summed E-state index contributed by atoms with van der Waals surface area (Å²) in [5.41, 5.74) is 0. The van der Waals surface area contributed by atoms with Gasteiger partial charge in [-0.2, -0.15) is 0 Å². The van der Waals surface area contributed by atoms with E-state index < -0.39 is 6.10 Å². The van der Waals surface area contributed by atoms with E-state index in [-0.39, 0.29) is 31.1 Å². The monoisotopic (exact) mass is 1000 g/mol. The van der Waals surface area contributed by atoms with Gasteiger partial charge >= 0.3 is 17.9 Å². The summed E-state index contributed by atoms with van der Waals surface area (Å²) >= 11 is 0. The highest BCUT2D eigenvalue weighted by atomic mass is 16.6. The molecule has 0 aliphatic carbocycles. The predicted octanol–water partition coefficient (Wildman–Crippen LogP) is 20.9. The van der Waals surface area contributed by atoms with Crippen molar-refractivity contribution in [1.29, 1.82) is 0 Å². The zero-order chi connectivity index (χ0) is 52.2. The molecule has 0 amide bonds. The Balaban J connectivity index is 4.10. The van der Waals surface area contributed by atoms with Gasteiger partial charge in [0, 0.05) is 19.3 Å². The number of rotatable bonds is 56. The number of carbonyl (C=O) groups is 3. The van der Waals surface area contributed by atoms with Gasteiger partial charge in [-0.3, -0.25) is 14.4 Å². The minimum Gasteiger partial charge on any atom is -0.462 e. The Morgan fingerprint density at radius 2 is 0.542 bits per heavy atom. The third kappa shape index (κ3) is 57.7. The van der Waals surface area contributed by atoms with E-state index in [0.29, 0.717) is 19.3 Å². The lowest BCUT2D eigenvalue weighted by Crippen LogP contribution is -2.30. The molecule has 1 atom stereocenters. The molecule has 0 aliphatic rings. The number of ether oxygens (including phenoxy) is 3. The quantitative estimate of drug-likeness (QED) is 0.0261. The van der Waals surface area contributed by atoms with Crippen molar-refractivity contribution < 1.29 is 28.6 Å². The summed E-state index contributed by atoms with van der Waals surface area (Å²) in [7, 11) is 0. The molecular weight excluding hydrogens is 889 g/mol. The second-order valence-electron chi connectivity index (χ2n) is 20.6. The number of carbonyl (C=O) groups excluding carboxylic acids is 3. The first-order valence-electron chi connectivity index (χ1n) is 30.9. The minimum absolute atomic E-state index is 0.0748. The van der Waals surface area contributed by atoms with Crippen LogP contribution in [0.25, 0.3) is 0 Å². The fourth-order valence-corrected chi connectivity index (χ4v) is 8.82. The molecule has 1 unspecified atom stereocenters. The Labute approximate surface area is 446 Å². The zero-order valence-corrected chi connectivity index (χ0v) is 47.7. The molecular formula is C66H116O6. The van der Waals surface area contributed by atoms with Crippen molar-refractivity contribution in [3.63, 3.8) is 0 Å². The Morgan fingerprint density at radius 3 is 0.847 bits per heavy atom. The van der Waals surface area contributed by atoms with Crippen molar-refractivity contribution in [3.05, 3.63) is 72.9 Å². The first kappa shape index (κ1) is 68.8. The SMILES string of the molecule is CC/C=C\C/C=C\C/C=C\C/C=C\CCCCCCCCCCCCCCC(=O)OCC(COC(=O)CCCCCCCC)OC(=O)CCCCCCCCCCCCC/C=C\C/C=C\CCCCCCC. The van der Waals surface area contributed by atoms with Crippen LogP contribution in [0.5, 0.6) is 0 Å². The van der Waals surface area contributed by atoms with Gasteiger partial charge in [0.1, 0.15) is 13.2 Å². The average molecular weight is 1010 g/mol. The van der Waals surface area contributed by atoms with Crippen LogP contribution in [0, 0.1) is 0 Å². The molecule has 6 heteroatoms. The topological polar surface area (TPSA) is 78.9 Å². The van der Waals surface area contributed by atoms with Gasteiger partial charge in [-0.25, -0.2) is 0 Å². The first-order chi connectivity index (χ1) is 35.5. The lowest BCUT2D eigenvalue weighted by molar-refractivity contribution is -0.167. The van der Waals surface area contributed by atoms with Gasteiger partial charge in [-0.05, 0) is 89.9 Å². The molecule has 0 aromatic carbocycles. The van der Waals surface area contributed by atoms with E-state index in [1.54, 1.807) is 0 Å². The van der Waals surface area contributed by atoms with Crippen LogP contribution in [0.15, 0.2) is 72.9 Å². The normalized spacial score (nSPS) is 12.5. The summed E-state index contributed by atoms with van der Waals surface area (Å²) in [6, 6.07) is 0. The highest BCUT2D eigenvalue weighted by Crippen LogP contribution is 2.16. The van der Waals surface area contributed by atoms with Crippen LogP contribution in [0.3, 0.4) is 0 Å². The Kier molecular flexibility index (Phi) is 57.8. The summed E-state index contributed by atoms with van der Waals surface area (Å²) in [6.07, 6.45) is 77.9. The highest BCUT2D eigenvalue weighted by molar-refractivity contribution is 5.71. The summed E-state index contributed by atoms with van der Waals surface area (Å²) in [6.45, 7) is 6.48. The molecule has 6 nitrogen and oxygen atoms in total. The third-order valence-electron chi connectivity index (χ3n) is 13.4. The predicted molar refractivity (Wildman–Crippen MR) is 311 cm³/mol. The lowest BCUT2D eigenvalue weighted by atomic mass is 10.0. The molecule has 0 rings (SSSR count). The summed E-state index contributed by atoms with van der Waals surface area (Å²) in [4.78, 5) is 38.0. The standard InChI is InChI=1S/C66H116O6/c1-4-7-10-13-16-18-20-22-24-26-28-30-32-33-35-36-38-40-42-44-46-48-50-53-56-59-65(68)71-62-63(61-70-64(67)58-55-52-15-12-9-6-3)72-66(69)60-57-54-51-49-47-45-43-41-39-37-34-31-29-27-25-23-21-19-17-14-11-8-5-2/h7,10,16,18,21-24,27-30,63H,4-6,8-9,11-15,17,19-20,25-26,31-62H2,1-3H3/b10-7-,18-16-,23-21-,24-22-,29-27-,30-28-. The number of unbranched alkanes of at least 4 members (excludes halogenated alkanes) is 33. The minimum atomic E-state index is -0.774. The molecule has 0 bridgehead atoms. The number of hydrogen-bond donors (Lipinski definition) is 0. The van der Waals surface area contributed by atoms with Gasteiger partial charge in [0.15, 0.2) is 6.10 Å². The van der Waals surface area contributed by atoms with E-state index in [1.165, 1.54) is 180 Å². The van der Waals surface area contributed by atoms with E-state index in [9.17, 15) is 14.4 Å². The van der Waals surface area contributed by atoms with Crippen molar-refractivity contribution in [2.45, 2.75) is 316 Å². The summed E-state index contributed by atoms with van der Waals surface area (Å²) in [5.74, 6) is -0.877. The van der Waals surface area contributed by atoms with Crippen LogP contribution in [0.1, 0.15) is 310 Å². The van der Waals surface area contributed by atoms with Gasteiger partial charge in [0.05, 0.1) is 0 Å². The number of esters is 3. The Hall–Kier alpha value is -3.15. The van der Waals surface area contributed by atoms with E-state index in [2.05, 4.69) is 93.7 Å². The summed E-state index contributed by atoms with van der Waals surface area (Å²) in [5, 5.41) is 0. The van der Waals surface area contributed by atoms with Crippen LogP contribution >= 0.6 is 0 Å². The maximum absolute atomic E-state index is 12.8. The van der Waals surface area contributed by atoms with Gasteiger partial charge in [-0.15, -0.1) is 0 Å². The molecule has 0 saturated carbocycles. The second-order valence-corrected chi connectivity index (χ2v) is 20.6. The van der Waals surface area contributed by atoms with Crippen LogP contribution < -0.4 is 0 Å². The van der Waals surface area contributed by atoms with Gasteiger partial charge in [0.25, 0.3) is 0 Å². The number of hydrogen-bond acceptors (Lipinski definition) is 6. The fourth-order valence-electron chi connectivity index (χ4n) is 8.82. The van der Waals surface area contributed by atoms with Crippen molar-refractivity contribution in [1.82, 2.24) is 0 Å². The maximum Gasteiger partial charge on any atom is 0.306 e. The largest absolute Gasteiger partial charge is 0.462 e. The molecule has 0 saturated heterocycles. The molecule has 416 valence electrons. The Bertz CT molecular complexity index is 1340. The molecule has 0 fully saturated rings. The molecule has 0 heterocycles. The molecule has 0 N–H and O–H groups in total. The summed E-state index contributed by atoms with van der Waals surface area (Å²) < 4.78 is 16.8. The van der Waals surface area contributed by atoms with Crippen molar-refractivity contribution in [2.75, 3.05) is 13.2 Å². The van der Waals surface area contributed by atoms with E-state index in [4.69, 9.17) is 14.2 Å². The van der Waals surface area contributed by atoms with Crippen molar-refractivity contribution in [2.24, 2.45) is 0 Å². The highest BCUT2D eigenvalue weighted by Gasteiger charge is 2.19. The molecule has 0 spiro atoms. The lowest BCUT2D eigenvalue weighted by Gasteiger charge is -2.18. The Morgan fingerprint density at radius 1 is 0.292 bits per heavy atom. The van der Waals surface area contributed by atoms with Crippen LogP contribution in [-0.4, -0.2) is 37.2 Å². The fraction of sp³-hybridized carbons (Fsp3) is 0.773. The zero-order valence-electron chi connectivity index (χ0n) is 47.7. The van der Waals surface area contributed by atoms with Crippen LogP contribution in [0.4, 0.5) is 0 Å². The molecule has 0 radical (unpaired) electrons. The third-order valence-corrected chi connectivity index (χ3v) is 13.4. The number of allylic oxidation sites excluding steroid dienone is 12. The van der Waals surface area contributed by atoms with Crippen LogP contribution in [-0.2, 0) is 28.6 Å². The van der Waals surface area contributed by atoms with Gasteiger partial charge in [-0.1, -0.05) is 273 Å². The molecule has 0 aliphatic heterocycles. The molecule has 0 aromatic rings. The van der Waals surface area contributed by atoms with Crippen molar-refractivity contribution >= 4 is 17.9 Å². The maximum atomic E-state index is 12.8. The van der Waals surface area contributed by atoms with E-state index in [0.717, 1.165) is 89.9 Å². The molecule has 72 heavy (non-hydrogen) atoms. The first-order valence-corrected chi connectivity index (χ1v) is 30.9. The molecule has 0 aromatic heterocycles. The second kappa shape index (κ2) is 60.4. The van der Waals surface area contributed by atoms with Gasteiger partial charge in [0.2, 0.25) is 0 Å². The smallest absolute Gasteiger partial charge is 0.306 e.